The molecule has 19 heavy (non-hydrogen) atoms. The van der Waals surface area contributed by atoms with Crippen LogP contribution in [0.4, 0.5) is 5.69 Å². The molecule has 8 heteroatoms. The third kappa shape index (κ3) is 3.30. The molecule has 1 aromatic heterocycles. The number of hydrogen-bond acceptors (Lipinski definition) is 5. The Hall–Kier alpha value is -1.47. The van der Waals surface area contributed by atoms with E-state index < -0.39 is 10.8 Å². The third-order valence-corrected chi connectivity index (χ3v) is 3.89. The van der Waals surface area contributed by atoms with Crippen LogP contribution in [0.25, 0.3) is 11.4 Å². The van der Waals surface area contributed by atoms with Gasteiger partial charge in [-0.1, -0.05) is 17.7 Å². The minimum atomic E-state index is -0.814. The van der Waals surface area contributed by atoms with E-state index in [1.807, 2.05) is 6.07 Å². The van der Waals surface area contributed by atoms with Crippen LogP contribution in [-0.2, 0) is 17.3 Å². The van der Waals surface area contributed by atoms with E-state index in [1.54, 1.807) is 23.1 Å². The number of benzene rings is 1. The number of nitrogens with two attached hydrogens (primary N) is 1. The second-order valence-corrected chi connectivity index (χ2v) is 6.00. The van der Waals surface area contributed by atoms with Crippen LogP contribution in [0.2, 0.25) is 5.02 Å². The Morgan fingerprint density at radius 1 is 1.47 bits per heavy atom. The lowest BCUT2D eigenvalue weighted by atomic mass is 10.2. The van der Waals surface area contributed by atoms with Gasteiger partial charge in [0.05, 0.1) is 10.7 Å². The lowest BCUT2D eigenvalue weighted by Gasteiger charge is -2.07. The maximum absolute atomic E-state index is 11.0. The van der Waals surface area contributed by atoms with Crippen molar-refractivity contribution in [1.82, 2.24) is 20.2 Å². The lowest BCUT2D eigenvalue weighted by Crippen LogP contribution is -2.07. The van der Waals surface area contributed by atoms with Gasteiger partial charge in [-0.05, 0) is 29.0 Å². The molecule has 102 valence electrons. The summed E-state index contributed by atoms with van der Waals surface area (Å²) in [4.78, 5) is 0. The Morgan fingerprint density at radius 2 is 2.26 bits per heavy atom. The largest absolute Gasteiger partial charge is 0.398 e. The van der Waals surface area contributed by atoms with Crippen LogP contribution in [0.15, 0.2) is 18.2 Å². The fourth-order valence-electron chi connectivity index (χ4n) is 1.69. The zero-order valence-corrected chi connectivity index (χ0v) is 12.0. The van der Waals surface area contributed by atoms with Crippen molar-refractivity contribution in [2.24, 2.45) is 0 Å². The van der Waals surface area contributed by atoms with Gasteiger partial charge < -0.3 is 5.73 Å². The Kier molecular flexibility index (Phi) is 4.49. The average molecular weight is 300 g/mol. The van der Waals surface area contributed by atoms with Crippen LogP contribution in [0.1, 0.15) is 6.42 Å². The van der Waals surface area contributed by atoms with Crippen LogP contribution in [0, 0.1) is 0 Å². The van der Waals surface area contributed by atoms with E-state index >= 15 is 0 Å². The smallest absolute Gasteiger partial charge is 0.183 e. The second-order valence-electron chi connectivity index (χ2n) is 4.07. The molecule has 0 saturated carbocycles. The van der Waals surface area contributed by atoms with Crippen LogP contribution in [0.5, 0.6) is 0 Å². The summed E-state index contributed by atoms with van der Waals surface area (Å²) < 4.78 is 12.7. The van der Waals surface area contributed by atoms with Crippen molar-refractivity contribution in [2.75, 3.05) is 17.7 Å². The molecule has 1 atom stereocenters. The van der Waals surface area contributed by atoms with Crippen molar-refractivity contribution in [1.29, 1.82) is 0 Å². The number of aryl methyl sites for hydroxylation is 1. The molecule has 0 saturated heterocycles. The number of rotatable bonds is 5. The van der Waals surface area contributed by atoms with Gasteiger partial charge in [0, 0.05) is 34.9 Å². The first kappa shape index (κ1) is 14.0. The minimum absolute atomic E-state index is 0.442. The van der Waals surface area contributed by atoms with Crippen molar-refractivity contribution in [3.8, 4) is 11.4 Å². The third-order valence-electron chi connectivity index (χ3n) is 2.60. The number of nitrogen functional groups attached to an aromatic ring is 1. The number of nitrogens with zero attached hydrogens (tertiary/aromatic N) is 4. The standard InChI is InChI=1S/C11H14ClN5OS/c1-19(18)7-3-6-17-11(14-15-16-17)8-4-2-5-9(13)10(8)12/h2,4-5H,3,6-7,13H2,1H3. The van der Waals surface area contributed by atoms with Crippen molar-refractivity contribution in [2.45, 2.75) is 13.0 Å². The summed E-state index contributed by atoms with van der Waals surface area (Å²) in [5, 5.41) is 12.0. The van der Waals surface area contributed by atoms with Gasteiger partial charge in [-0.3, -0.25) is 4.21 Å². The molecule has 0 aliphatic rings. The molecule has 1 heterocycles. The van der Waals surface area contributed by atoms with Crippen LogP contribution in [-0.4, -0.2) is 36.4 Å². The molecule has 0 aliphatic heterocycles. The van der Waals surface area contributed by atoms with Crippen LogP contribution < -0.4 is 5.73 Å². The monoisotopic (exact) mass is 299 g/mol. The zero-order chi connectivity index (χ0) is 13.8. The van der Waals surface area contributed by atoms with Gasteiger partial charge in [0.15, 0.2) is 5.82 Å². The highest BCUT2D eigenvalue weighted by molar-refractivity contribution is 7.84. The zero-order valence-electron chi connectivity index (χ0n) is 10.4. The summed E-state index contributed by atoms with van der Waals surface area (Å²) in [6, 6.07) is 5.34. The summed E-state index contributed by atoms with van der Waals surface area (Å²) in [5.74, 6) is 1.18. The quantitative estimate of drug-likeness (QED) is 0.842. The van der Waals surface area contributed by atoms with Crippen LogP contribution in [0.3, 0.4) is 0 Å². The molecule has 2 aromatic rings. The average Bonchev–Trinajstić information content (AvgIpc) is 2.80. The van der Waals surface area contributed by atoms with Crippen molar-refractivity contribution in [3.63, 3.8) is 0 Å². The van der Waals surface area contributed by atoms with Crippen molar-refractivity contribution in [3.05, 3.63) is 23.2 Å². The fourth-order valence-corrected chi connectivity index (χ4v) is 2.43. The first-order chi connectivity index (χ1) is 9.09. The summed E-state index contributed by atoms with van der Waals surface area (Å²) in [5.41, 5.74) is 6.95. The summed E-state index contributed by atoms with van der Waals surface area (Å²) in [6.45, 7) is 0.590. The molecule has 0 radical (unpaired) electrons. The Balaban J connectivity index is 2.24. The maximum atomic E-state index is 11.0. The Labute approximate surface area is 118 Å². The highest BCUT2D eigenvalue weighted by Gasteiger charge is 2.13. The van der Waals surface area contributed by atoms with Gasteiger partial charge in [-0.15, -0.1) is 5.10 Å². The topological polar surface area (TPSA) is 86.7 Å². The molecule has 0 amide bonds. The number of aromatic nitrogens is 4. The van der Waals surface area contributed by atoms with E-state index in [-0.39, 0.29) is 0 Å². The molecule has 1 aromatic carbocycles. The molecule has 2 N–H and O–H groups in total. The Bertz CT molecular complexity index is 601. The first-order valence-electron chi connectivity index (χ1n) is 5.70. The van der Waals surface area contributed by atoms with E-state index in [2.05, 4.69) is 15.5 Å². The fraction of sp³-hybridized carbons (Fsp3) is 0.364. The molecular weight excluding hydrogens is 286 g/mol. The predicted octanol–water partition coefficient (Wildman–Crippen LogP) is 1.34. The SMILES string of the molecule is CS(=O)CCCn1nnnc1-c1cccc(N)c1Cl. The van der Waals surface area contributed by atoms with E-state index in [1.165, 1.54) is 0 Å². The van der Waals surface area contributed by atoms with Gasteiger partial charge in [-0.25, -0.2) is 4.68 Å². The van der Waals surface area contributed by atoms with Gasteiger partial charge in [0.25, 0.3) is 0 Å². The predicted molar refractivity (Wildman–Crippen MR) is 76.2 cm³/mol. The van der Waals surface area contributed by atoms with Crippen molar-refractivity contribution < 1.29 is 4.21 Å². The number of hydrogen-bond donors (Lipinski definition) is 1. The van der Waals surface area contributed by atoms with Gasteiger partial charge in [0.1, 0.15) is 0 Å². The second kappa shape index (κ2) is 6.12. The molecule has 0 spiro atoms. The first-order valence-corrected chi connectivity index (χ1v) is 7.80. The van der Waals surface area contributed by atoms with E-state index in [0.717, 1.165) is 6.42 Å². The summed E-state index contributed by atoms with van der Waals surface area (Å²) >= 11 is 6.16. The van der Waals surface area contributed by atoms with Gasteiger partial charge >= 0.3 is 0 Å². The molecule has 0 bridgehead atoms. The van der Waals surface area contributed by atoms with E-state index in [0.29, 0.717) is 34.4 Å². The Morgan fingerprint density at radius 3 is 3.00 bits per heavy atom. The molecule has 2 rings (SSSR count). The summed E-state index contributed by atoms with van der Waals surface area (Å²) in [6.07, 6.45) is 2.41. The minimum Gasteiger partial charge on any atom is -0.398 e. The highest BCUT2D eigenvalue weighted by Crippen LogP contribution is 2.30. The molecular formula is C11H14ClN5OS. The summed E-state index contributed by atoms with van der Waals surface area (Å²) in [7, 11) is -0.814. The normalized spacial score (nSPS) is 12.5. The van der Waals surface area contributed by atoms with Crippen LogP contribution >= 0.6 is 11.6 Å². The number of tetrazole rings is 1. The lowest BCUT2D eigenvalue weighted by molar-refractivity contribution is 0.583. The van der Waals surface area contributed by atoms with Gasteiger partial charge in [-0.2, -0.15) is 0 Å². The van der Waals surface area contributed by atoms with Gasteiger partial charge in [0.2, 0.25) is 0 Å². The molecule has 0 aliphatic carbocycles. The van der Waals surface area contributed by atoms with E-state index in [4.69, 9.17) is 17.3 Å². The van der Waals surface area contributed by atoms with E-state index in [9.17, 15) is 4.21 Å². The highest BCUT2D eigenvalue weighted by atomic mass is 35.5. The van der Waals surface area contributed by atoms with Crippen molar-refractivity contribution >= 4 is 28.1 Å². The molecule has 0 fully saturated rings. The maximum Gasteiger partial charge on any atom is 0.183 e. The molecule has 1 unspecified atom stereocenters. The number of halogens is 1. The number of anilines is 1. The molecule has 6 nitrogen and oxygen atoms in total.